The molecule has 0 aliphatic heterocycles. The molecule has 1 heterocycles. The lowest BCUT2D eigenvalue weighted by Crippen LogP contribution is -2.43. The van der Waals surface area contributed by atoms with Crippen LogP contribution in [0.5, 0.6) is 0 Å². The van der Waals surface area contributed by atoms with Gasteiger partial charge >= 0.3 is 0 Å². The maximum atomic E-state index is 12.1. The van der Waals surface area contributed by atoms with Gasteiger partial charge < -0.3 is 20.4 Å². The van der Waals surface area contributed by atoms with Crippen LogP contribution in [0.2, 0.25) is 0 Å². The van der Waals surface area contributed by atoms with Crippen LogP contribution in [0.1, 0.15) is 23.7 Å². The molecule has 0 atom stereocenters. The van der Waals surface area contributed by atoms with Gasteiger partial charge in [0, 0.05) is 18.7 Å². The van der Waals surface area contributed by atoms with Crippen molar-refractivity contribution in [2.45, 2.75) is 26.8 Å². The van der Waals surface area contributed by atoms with Crippen LogP contribution >= 0.6 is 0 Å². The third-order valence-electron chi connectivity index (χ3n) is 4.59. The largest absolute Gasteiger partial charge is 0.444 e. The summed E-state index contributed by atoms with van der Waals surface area (Å²) in [5, 5.41) is 9.10. The van der Waals surface area contributed by atoms with Gasteiger partial charge in [0.05, 0.1) is 13.1 Å². The maximum Gasteiger partial charge on any atom is 0.239 e. The Labute approximate surface area is 183 Å². The van der Waals surface area contributed by atoms with E-state index in [0.29, 0.717) is 31.5 Å². The predicted molar refractivity (Wildman–Crippen MR) is 123 cm³/mol. The third-order valence-corrected chi connectivity index (χ3v) is 4.59. The summed E-state index contributed by atoms with van der Waals surface area (Å²) in [6.07, 6.45) is 2.41. The van der Waals surface area contributed by atoms with Crippen LogP contribution in [-0.2, 0) is 17.8 Å². The molecule has 0 saturated heterocycles. The van der Waals surface area contributed by atoms with Crippen LogP contribution in [0.25, 0.3) is 11.5 Å². The van der Waals surface area contributed by atoms with Gasteiger partial charge in [-0.05, 0) is 38.0 Å². The first-order valence-corrected chi connectivity index (χ1v) is 10.5. The summed E-state index contributed by atoms with van der Waals surface area (Å²) in [5.41, 5.74) is 4.03. The van der Waals surface area contributed by atoms with Gasteiger partial charge in [-0.1, -0.05) is 48.0 Å². The molecule has 7 heteroatoms. The van der Waals surface area contributed by atoms with E-state index in [4.69, 9.17) is 4.42 Å². The maximum absolute atomic E-state index is 12.1. The van der Waals surface area contributed by atoms with Gasteiger partial charge in [0.25, 0.3) is 0 Å². The highest BCUT2D eigenvalue weighted by Gasteiger charge is 2.08. The number of benzene rings is 2. The molecule has 3 N–H and O–H groups in total. The summed E-state index contributed by atoms with van der Waals surface area (Å²) in [6.45, 7) is 5.79. The second-order valence-corrected chi connectivity index (χ2v) is 7.14. The number of aromatic nitrogens is 1. The Bertz CT molecular complexity index is 981. The van der Waals surface area contributed by atoms with Crippen molar-refractivity contribution in [3.05, 3.63) is 77.7 Å². The Kier molecular flexibility index (Phi) is 8.22. The molecule has 162 valence electrons. The van der Waals surface area contributed by atoms with E-state index in [1.165, 1.54) is 11.1 Å². The van der Waals surface area contributed by atoms with E-state index in [-0.39, 0.29) is 12.5 Å². The summed E-state index contributed by atoms with van der Waals surface area (Å²) in [7, 11) is 0. The molecule has 2 aromatic carbocycles. The van der Waals surface area contributed by atoms with E-state index in [1.54, 1.807) is 6.26 Å². The number of nitrogens with one attached hydrogen (secondary N) is 3. The van der Waals surface area contributed by atoms with Gasteiger partial charge in [0.2, 0.25) is 11.8 Å². The van der Waals surface area contributed by atoms with Crippen molar-refractivity contribution in [1.82, 2.24) is 20.9 Å². The van der Waals surface area contributed by atoms with Gasteiger partial charge in [0.15, 0.2) is 5.96 Å². The van der Waals surface area contributed by atoms with E-state index in [9.17, 15) is 4.79 Å². The number of aliphatic imine (C=N–C) groups is 1. The summed E-state index contributed by atoms with van der Waals surface area (Å²) in [4.78, 5) is 21.1. The number of carbonyl (C=O) groups is 1. The van der Waals surface area contributed by atoms with E-state index in [2.05, 4.69) is 38.1 Å². The number of amides is 1. The van der Waals surface area contributed by atoms with Gasteiger partial charge in [0.1, 0.15) is 12.0 Å². The summed E-state index contributed by atoms with van der Waals surface area (Å²) in [6, 6.07) is 18.1. The number of oxazole rings is 1. The van der Waals surface area contributed by atoms with Crippen LogP contribution in [0.15, 0.2) is 70.3 Å². The molecular formula is C24H29N5O2. The van der Waals surface area contributed by atoms with Crippen LogP contribution in [0, 0.1) is 6.92 Å². The number of guanidine groups is 1. The molecule has 3 aromatic rings. The number of aryl methyl sites for hydroxylation is 1. The lowest BCUT2D eigenvalue weighted by atomic mass is 10.1. The Morgan fingerprint density at radius 1 is 1.03 bits per heavy atom. The lowest BCUT2D eigenvalue weighted by Gasteiger charge is -2.11. The summed E-state index contributed by atoms with van der Waals surface area (Å²) >= 11 is 0. The number of carbonyl (C=O) groups excluding carboxylic acids is 1. The van der Waals surface area contributed by atoms with Gasteiger partial charge in [-0.25, -0.2) is 9.98 Å². The van der Waals surface area contributed by atoms with E-state index < -0.39 is 0 Å². The third kappa shape index (κ3) is 7.29. The molecule has 7 nitrogen and oxygen atoms in total. The molecule has 1 amide bonds. The van der Waals surface area contributed by atoms with Crippen molar-refractivity contribution in [3.8, 4) is 11.5 Å². The average Bonchev–Trinajstić information content (AvgIpc) is 3.26. The zero-order chi connectivity index (χ0) is 21.9. The van der Waals surface area contributed by atoms with E-state index in [0.717, 1.165) is 17.7 Å². The van der Waals surface area contributed by atoms with Gasteiger partial charge in [-0.2, -0.15) is 0 Å². The number of hydrogen-bond donors (Lipinski definition) is 3. The number of hydrogen-bond acceptors (Lipinski definition) is 4. The predicted octanol–water partition coefficient (Wildman–Crippen LogP) is 3.06. The molecule has 0 aliphatic rings. The monoisotopic (exact) mass is 419 g/mol. The number of rotatable bonds is 9. The van der Waals surface area contributed by atoms with Crippen LogP contribution < -0.4 is 16.0 Å². The minimum Gasteiger partial charge on any atom is -0.444 e. The zero-order valence-corrected chi connectivity index (χ0v) is 18.0. The van der Waals surface area contributed by atoms with Crippen LogP contribution in [-0.4, -0.2) is 36.5 Å². The first kappa shape index (κ1) is 22.1. The van der Waals surface area contributed by atoms with Crippen molar-refractivity contribution >= 4 is 11.9 Å². The molecular weight excluding hydrogens is 390 g/mol. The fourth-order valence-electron chi connectivity index (χ4n) is 2.93. The Morgan fingerprint density at radius 2 is 1.81 bits per heavy atom. The second kappa shape index (κ2) is 11.5. The van der Waals surface area contributed by atoms with Gasteiger partial charge in [-0.15, -0.1) is 0 Å². The molecule has 1 aromatic heterocycles. The quantitative estimate of drug-likeness (QED) is 0.366. The molecule has 0 aliphatic carbocycles. The van der Waals surface area contributed by atoms with Crippen molar-refractivity contribution < 1.29 is 9.21 Å². The first-order chi connectivity index (χ1) is 15.1. The zero-order valence-electron chi connectivity index (χ0n) is 18.0. The van der Waals surface area contributed by atoms with Crippen LogP contribution in [0.3, 0.4) is 0 Å². The summed E-state index contributed by atoms with van der Waals surface area (Å²) < 4.78 is 5.58. The highest BCUT2D eigenvalue weighted by atomic mass is 16.3. The Hall–Kier alpha value is -3.61. The second-order valence-electron chi connectivity index (χ2n) is 7.14. The van der Waals surface area contributed by atoms with Crippen molar-refractivity contribution in [1.29, 1.82) is 0 Å². The summed E-state index contributed by atoms with van der Waals surface area (Å²) in [5.74, 6) is 1.05. The van der Waals surface area contributed by atoms with Crippen molar-refractivity contribution in [2.24, 2.45) is 4.99 Å². The van der Waals surface area contributed by atoms with Crippen molar-refractivity contribution in [2.75, 3.05) is 19.6 Å². The minimum absolute atomic E-state index is 0.0790. The Balaban J connectivity index is 1.47. The molecule has 0 unspecified atom stereocenters. The van der Waals surface area contributed by atoms with E-state index in [1.807, 2.05) is 56.3 Å². The van der Waals surface area contributed by atoms with Crippen molar-refractivity contribution in [3.63, 3.8) is 0 Å². The molecule has 0 radical (unpaired) electrons. The fourth-order valence-corrected chi connectivity index (χ4v) is 2.93. The molecule has 31 heavy (non-hydrogen) atoms. The lowest BCUT2D eigenvalue weighted by molar-refractivity contribution is -0.119. The van der Waals surface area contributed by atoms with Crippen LogP contribution in [0.4, 0.5) is 0 Å². The molecule has 0 saturated carbocycles. The minimum atomic E-state index is -0.0790. The molecule has 3 rings (SSSR count). The molecule has 0 bridgehead atoms. The highest BCUT2D eigenvalue weighted by Crippen LogP contribution is 2.19. The average molecular weight is 420 g/mol. The first-order valence-electron chi connectivity index (χ1n) is 10.5. The van der Waals surface area contributed by atoms with Gasteiger partial charge in [-0.3, -0.25) is 4.79 Å². The molecule has 0 spiro atoms. The van der Waals surface area contributed by atoms with E-state index >= 15 is 0 Å². The Morgan fingerprint density at radius 3 is 2.55 bits per heavy atom. The fraction of sp³-hybridized carbons (Fsp3) is 0.292. The topological polar surface area (TPSA) is 91.6 Å². The standard InChI is InChI=1S/C24H29N5O2/c1-3-25-24(28-16-22(30)26-14-13-19-7-5-4-6-8-19)27-15-21-17-31-23(29-21)20-11-9-18(2)10-12-20/h4-12,17H,3,13-16H2,1-2H3,(H,26,30)(H2,25,27,28). The number of nitrogens with zero attached hydrogens (tertiary/aromatic N) is 2. The SMILES string of the molecule is CCNC(=NCc1coc(-c2ccc(C)cc2)n1)NCC(=O)NCCc1ccccc1. The highest BCUT2D eigenvalue weighted by molar-refractivity contribution is 5.86. The normalized spacial score (nSPS) is 11.2. The molecule has 0 fully saturated rings. The smallest absolute Gasteiger partial charge is 0.239 e.